The molecule has 2 aromatic heterocycles. The highest BCUT2D eigenvalue weighted by atomic mass is 35.5. The maximum Gasteiger partial charge on any atom is 0.435 e. The molecule has 1 amide bonds. The number of carbonyl (C=O) groups excluding carboxylic acids is 1. The normalized spacial score (nSPS) is 12.8. The first kappa shape index (κ1) is 20.9. The van der Waals surface area contributed by atoms with Crippen LogP contribution in [0.4, 0.5) is 18.9 Å². The van der Waals surface area contributed by atoms with Gasteiger partial charge in [0.15, 0.2) is 5.69 Å². The molecule has 154 valence electrons. The highest BCUT2D eigenvalue weighted by Gasteiger charge is 2.34. The Bertz CT molecular complexity index is 1010. The molecule has 0 fully saturated rings. The molecule has 1 unspecified atom stereocenters. The minimum absolute atomic E-state index is 0.0409. The number of aryl methyl sites for hydroxylation is 1. The summed E-state index contributed by atoms with van der Waals surface area (Å²) < 4.78 is 41.2. The van der Waals surface area contributed by atoms with Crippen LogP contribution in [0.3, 0.4) is 0 Å². The number of nitrogens with zero attached hydrogens (tertiary/aromatic N) is 4. The summed E-state index contributed by atoms with van der Waals surface area (Å²) in [7, 11) is 0. The Labute approximate surface area is 170 Å². The minimum atomic E-state index is -4.51. The average Bonchev–Trinajstić information content (AvgIpc) is 3.20. The number of hydrogen-bond donors (Lipinski definition) is 1. The van der Waals surface area contributed by atoms with Crippen molar-refractivity contribution in [2.45, 2.75) is 33.1 Å². The average molecular weight is 426 g/mol. The van der Waals surface area contributed by atoms with Crippen molar-refractivity contribution >= 4 is 23.2 Å². The topological polar surface area (TPSA) is 64.7 Å². The van der Waals surface area contributed by atoms with E-state index in [2.05, 4.69) is 15.5 Å². The van der Waals surface area contributed by atoms with E-state index >= 15 is 0 Å². The molecular formula is C19H19ClF3N5O. The molecule has 3 aromatic rings. The molecule has 0 aliphatic carbocycles. The molecular weight excluding hydrogens is 407 g/mol. The molecule has 1 atom stereocenters. The molecule has 0 saturated carbocycles. The molecule has 6 nitrogen and oxygen atoms in total. The Balaban J connectivity index is 1.64. The number of anilines is 1. The van der Waals surface area contributed by atoms with Gasteiger partial charge in [0.1, 0.15) is 0 Å². The molecule has 1 N–H and O–H groups in total. The minimum Gasteiger partial charge on any atom is -0.326 e. The van der Waals surface area contributed by atoms with Crippen LogP contribution in [0.15, 0.2) is 42.7 Å². The smallest absolute Gasteiger partial charge is 0.326 e. The Hall–Kier alpha value is -2.81. The van der Waals surface area contributed by atoms with Crippen molar-refractivity contribution < 1.29 is 18.0 Å². The van der Waals surface area contributed by atoms with E-state index in [0.29, 0.717) is 22.9 Å². The number of halogens is 4. The van der Waals surface area contributed by atoms with Crippen LogP contribution in [-0.4, -0.2) is 25.5 Å². The van der Waals surface area contributed by atoms with Gasteiger partial charge in [0.05, 0.1) is 30.2 Å². The molecule has 0 aliphatic heterocycles. The third-order valence-electron chi connectivity index (χ3n) is 4.31. The zero-order valence-electron chi connectivity index (χ0n) is 15.7. The van der Waals surface area contributed by atoms with Gasteiger partial charge in [-0.05, 0) is 30.7 Å². The van der Waals surface area contributed by atoms with E-state index in [0.717, 1.165) is 11.6 Å². The number of nitrogens with one attached hydrogen (secondary N) is 1. The Morgan fingerprint density at radius 1 is 1.31 bits per heavy atom. The summed E-state index contributed by atoms with van der Waals surface area (Å²) in [6.45, 7) is 3.69. The number of amides is 1. The summed E-state index contributed by atoms with van der Waals surface area (Å²) in [5, 5.41) is 11.0. The summed E-state index contributed by atoms with van der Waals surface area (Å²) in [4.78, 5) is 12.5. The lowest BCUT2D eigenvalue weighted by atomic mass is 10.1. The van der Waals surface area contributed by atoms with Gasteiger partial charge in [0.2, 0.25) is 5.91 Å². The molecule has 0 aliphatic rings. The standard InChI is InChI=1S/C19H19ClF3N5O/c1-12(9-28-13(2)6-17(26-28)19(21,22)23)18(29)25-16-5-3-4-14(7-16)10-27-11-15(20)8-24-27/h3-8,11-12H,9-10H2,1-2H3,(H,25,29). The first-order valence-electron chi connectivity index (χ1n) is 8.81. The third kappa shape index (κ3) is 5.38. The lowest BCUT2D eigenvalue weighted by Crippen LogP contribution is -2.25. The molecule has 0 radical (unpaired) electrons. The Kier molecular flexibility index (Phi) is 5.97. The summed E-state index contributed by atoms with van der Waals surface area (Å²) in [5.74, 6) is -0.893. The monoisotopic (exact) mass is 425 g/mol. The zero-order valence-corrected chi connectivity index (χ0v) is 16.5. The van der Waals surface area contributed by atoms with Crippen LogP contribution in [0.2, 0.25) is 5.02 Å². The van der Waals surface area contributed by atoms with Gasteiger partial charge < -0.3 is 5.32 Å². The summed E-state index contributed by atoms with van der Waals surface area (Å²) in [6.07, 6.45) is -1.28. The summed E-state index contributed by atoms with van der Waals surface area (Å²) >= 11 is 5.86. The van der Waals surface area contributed by atoms with Crippen molar-refractivity contribution in [3.63, 3.8) is 0 Å². The molecule has 0 bridgehead atoms. The van der Waals surface area contributed by atoms with Crippen molar-refractivity contribution in [1.29, 1.82) is 0 Å². The lowest BCUT2D eigenvalue weighted by Gasteiger charge is -2.14. The van der Waals surface area contributed by atoms with E-state index in [1.807, 2.05) is 6.07 Å². The van der Waals surface area contributed by atoms with Crippen molar-refractivity contribution in [2.24, 2.45) is 5.92 Å². The highest BCUT2D eigenvalue weighted by molar-refractivity contribution is 6.30. The number of carbonyl (C=O) groups is 1. The predicted molar refractivity (Wildman–Crippen MR) is 103 cm³/mol. The summed E-state index contributed by atoms with van der Waals surface area (Å²) in [6, 6.07) is 8.20. The number of hydrogen-bond acceptors (Lipinski definition) is 3. The SMILES string of the molecule is Cc1cc(C(F)(F)F)nn1CC(C)C(=O)Nc1cccc(Cn2cc(Cl)cn2)c1. The van der Waals surface area contributed by atoms with E-state index in [1.165, 1.54) is 17.8 Å². The van der Waals surface area contributed by atoms with E-state index in [1.54, 1.807) is 36.0 Å². The van der Waals surface area contributed by atoms with Crippen LogP contribution in [0, 0.1) is 12.8 Å². The van der Waals surface area contributed by atoms with Crippen LogP contribution in [0.1, 0.15) is 23.9 Å². The zero-order chi connectivity index (χ0) is 21.2. The molecule has 0 spiro atoms. The van der Waals surface area contributed by atoms with Gasteiger partial charge >= 0.3 is 6.18 Å². The second kappa shape index (κ2) is 8.28. The van der Waals surface area contributed by atoms with Gasteiger partial charge in [-0.25, -0.2) is 0 Å². The molecule has 10 heteroatoms. The fourth-order valence-corrected chi connectivity index (χ4v) is 2.96. The largest absolute Gasteiger partial charge is 0.435 e. The second-order valence-corrected chi connectivity index (χ2v) is 7.23. The van der Waals surface area contributed by atoms with Crippen molar-refractivity contribution in [3.8, 4) is 0 Å². The second-order valence-electron chi connectivity index (χ2n) is 6.80. The van der Waals surface area contributed by atoms with E-state index in [4.69, 9.17) is 11.6 Å². The number of aromatic nitrogens is 4. The predicted octanol–water partition coefficient (Wildman–Crippen LogP) is 4.38. The van der Waals surface area contributed by atoms with Crippen LogP contribution >= 0.6 is 11.6 Å². The number of alkyl halides is 3. The van der Waals surface area contributed by atoms with E-state index < -0.39 is 17.8 Å². The fraction of sp³-hybridized carbons (Fsp3) is 0.316. The number of benzene rings is 1. The molecule has 3 rings (SSSR count). The summed E-state index contributed by atoms with van der Waals surface area (Å²) in [5.41, 5.74) is 0.879. The molecule has 1 aromatic carbocycles. The van der Waals surface area contributed by atoms with Crippen LogP contribution < -0.4 is 5.32 Å². The maximum atomic E-state index is 12.8. The lowest BCUT2D eigenvalue weighted by molar-refractivity contribution is -0.141. The third-order valence-corrected chi connectivity index (χ3v) is 4.50. The first-order chi connectivity index (χ1) is 13.6. The van der Waals surface area contributed by atoms with Gasteiger partial charge in [-0.15, -0.1) is 0 Å². The Morgan fingerprint density at radius 3 is 2.69 bits per heavy atom. The van der Waals surface area contributed by atoms with E-state index in [9.17, 15) is 18.0 Å². The van der Waals surface area contributed by atoms with Gasteiger partial charge in [0, 0.05) is 17.6 Å². The number of rotatable bonds is 6. The van der Waals surface area contributed by atoms with Gasteiger partial charge in [0.25, 0.3) is 0 Å². The fourth-order valence-electron chi connectivity index (χ4n) is 2.80. The van der Waals surface area contributed by atoms with Gasteiger partial charge in [-0.2, -0.15) is 23.4 Å². The molecule has 2 heterocycles. The van der Waals surface area contributed by atoms with Gasteiger partial charge in [-0.1, -0.05) is 30.7 Å². The van der Waals surface area contributed by atoms with Crippen LogP contribution in [-0.2, 0) is 24.1 Å². The van der Waals surface area contributed by atoms with Crippen LogP contribution in [0.5, 0.6) is 0 Å². The molecule has 29 heavy (non-hydrogen) atoms. The van der Waals surface area contributed by atoms with Crippen molar-refractivity contribution in [1.82, 2.24) is 19.6 Å². The van der Waals surface area contributed by atoms with E-state index in [-0.39, 0.29) is 12.5 Å². The molecule has 0 saturated heterocycles. The maximum absolute atomic E-state index is 12.8. The van der Waals surface area contributed by atoms with Crippen LogP contribution in [0.25, 0.3) is 0 Å². The van der Waals surface area contributed by atoms with Gasteiger partial charge in [-0.3, -0.25) is 14.2 Å². The van der Waals surface area contributed by atoms with Crippen molar-refractivity contribution in [2.75, 3.05) is 5.32 Å². The Morgan fingerprint density at radius 2 is 2.07 bits per heavy atom. The first-order valence-corrected chi connectivity index (χ1v) is 9.19. The van der Waals surface area contributed by atoms with Crippen molar-refractivity contribution in [3.05, 3.63) is 64.7 Å². The quantitative estimate of drug-likeness (QED) is 0.637. The highest BCUT2D eigenvalue weighted by Crippen LogP contribution is 2.28.